The third kappa shape index (κ3) is 2.51. The molecule has 0 aromatic heterocycles. The summed E-state index contributed by atoms with van der Waals surface area (Å²) in [5.74, 6) is 1.99. The van der Waals surface area contributed by atoms with Crippen molar-refractivity contribution in [3.05, 3.63) is 12.2 Å². The van der Waals surface area contributed by atoms with Gasteiger partial charge in [-0.05, 0) is 19.3 Å². The molecule has 0 radical (unpaired) electrons. The van der Waals surface area contributed by atoms with Gasteiger partial charge in [-0.25, -0.2) is 0 Å². The molecule has 1 amide bonds. The van der Waals surface area contributed by atoms with E-state index in [1.54, 1.807) is 11.8 Å². The zero-order valence-corrected chi connectivity index (χ0v) is 8.98. The molecule has 0 spiro atoms. The number of hydrogen-bond donors (Lipinski definition) is 2. The van der Waals surface area contributed by atoms with E-state index >= 15 is 0 Å². The van der Waals surface area contributed by atoms with Crippen LogP contribution in [0, 0.1) is 0 Å². The molecule has 4 heteroatoms. The maximum absolute atomic E-state index is 11.7. The van der Waals surface area contributed by atoms with Crippen molar-refractivity contribution in [3.8, 4) is 0 Å². The molecule has 0 saturated carbocycles. The molecule has 2 unspecified atom stereocenters. The van der Waals surface area contributed by atoms with E-state index in [1.807, 2.05) is 0 Å². The van der Waals surface area contributed by atoms with E-state index in [4.69, 9.17) is 0 Å². The van der Waals surface area contributed by atoms with Gasteiger partial charge in [-0.15, -0.1) is 11.8 Å². The molecule has 0 bridgehead atoms. The number of rotatable bonds is 2. The molecule has 2 N–H and O–H groups in total. The number of hydrogen-bond acceptors (Lipinski definition) is 3. The Kier molecular flexibility index (Phi) is 3.48. The van der Waals surface area contributed by atoms with Gasteiger partial charge in [-0.3, -0.25) is 10.1 Å². The largest absolute Gasteiger partial charge is 0.352 e. The quantitative estimate of drug-likeness (QED) is 0.667. The number of nitrogens with one attached hydrogen (secondary N) is 2. The first kappa shape index (κ1) is 10.1. The summed E-state index contributed by atoms with van der Waals surface area (Å²) < 4.78 is 0. The molecular formula is C10H16N2OS. The maximum atomic E-state index is 11.7. The second-order valence-corrected chi connectivity index (χ2v) is 4.79. The lowest BCUT2D eigenvalue weighted by Crippen LogP contribution is -2.46. The Balaban J connectivity index is 1.78. The summed E-state index contributed by atoms with van der Waals surface area (Å²) >= 11 is 1.79. The predicted molar refractivity (Wildman–Crippen MR) is 59.2 cm³/mol. The van der Waals surface area contributed by atoms with Gasteiger partial charge in [-0.2, -0.15) is 0 Å². The van der Waals surface area contributed by atoms with Crippen LogP contribution in [-0.4, -0.2) is 29.6 Å². The standard InChI is InChI=1S/C10H16N2OS/c13-10(9-6-14-7-11-9)12-8-4-2-1-3-5-8/h1-2,8-9,11H,3-7H2,(H,12,13). The summed E-state index contributed by atoms with van der Waals surface area (Å²) in [6.45, 7) is 0. The number of carbonyl (C=O) groups is 1. The van der Waals surface area contributed by atoms with Gasteiger partial charge in [0.2, 0.25) is 5.91 Å². The molecule has 0 aromatic carbocycles. The number of carbonyl (C=O) groups excluding carboxylic acids is 1. The van der Waals surface area contributed by atoms with Gasteiger partial charge < -0.3 is 5.32 Å². The number of thioether (sulfide) groups is 1. The van der Waals surface area contributed by atoms with Gasteiger partial charge >= 0.3 is 0 Å². The lowest BCUT2D eigenvalue weighted by Gasteiger charge is -2.21. The van der Waals surface area contributed by atoms with Crippen LogP contribution in [-0.2, 0) is 4.79 Å². The van der Waals surface area contributed by atoms with Crippen molar-refractivity contribution in [1.82, 2.24) is 10.6 Å². The Hall–Kier alpha value is -0.480. The van der Waals surface area contributed by atoms with Crippen LogP contribution in [0.25, 0.3) is 0 Å². The Bertz CT molecular complexity index is 236. The summed E-state index contributed by atoms with van der Waals surface area (Å²) in [6, 6.07) is 0.394. The van der Waals surface area contributed by atoms with Crippen LogP contribution in [0.4, 0.5) is 0 Å². The highest BCUT2D eigenvalue weighted by molar-refractivity contribution is 7.99. The first-order chi connectivity index (χ1) is 6.86. The number of allylic oxidation sites excluding steroid dienone is 1. The third-order valence-corrected chi connectivity index (χ3v) is 3.59. The topological polar surface area (TPSA) is 41.1 Å². The molecule has 1 heterocycles. The summed E-state index contributed by atoms with van der Waals surface area (Å²) in [7, 11) is 0. The molecular weight excluding hydrogens is 196 g/mol. The lowest BCUT2D eigenvalue weighted by atomic mass is 10.0. The zero-order chi connectivity index (χ0) is 9.80. The second-order valence-electron chi connectivity index (χ2n) is 3.76. The van der Waals surface area contributed by atoms with E-state index < -0.39 is 0 Å². The van der Waals surface area contributed by atoms with Crippen LogP contribution in [0.15, 0.2) is 12.2 Å². The molecule has 2 rings (SSSR count). The lowest BCUT2D eigenvalue weighted by molar-refractivity contribution is -0.123. The molecule has 2 atom stereocenters. The van der Waals surface area contributed by atoms with Gasteiger partial charge in [0.25, 0.3) is 0 Å². The van der Waals surface area contributed by atoms with Gasteiger partial charge in [0, 0.05) is 17.7 Å². The van der Waals surface area contributed by atoms with E-state index in [0.717, 1.165) is 30.9 Å². The molecule has 78 valence electrons. The minimum atomic E-state index is 0.0332. The Labute approximate surface area is 88.7 Å². The Morgan fingerprint density at radius 3 is 3.07 bits per heavy atom. The SMILES string of the molecule is O=C(NC1CC=CCC1)C1CSCN1. The second kappa shape index (κ2) is 4.84. The maximum Gasteiger partial charge on any atom is 0.238 e. The highest BCUT2D eigenvalue weighted by Crippen LogP contribution is 2.13. The Morgan fingerprint density at radius 2 is 2.43 bits per heavy atom. The number of amides is 1. The zero-order valence-electron chi connectivity index (χ0n) is 8.16. The van der Waals surface area contributed by atoms with Crippen LogP contribution < -0.4 is 10.6 Å². The molecule has 1 aliphatic heterocycles. The minimum Gasteiger partial charge on any atom is -0.352 e. The van der Waals surface area contributed by atoms with Gasteiger partial charge in [0.05, 0.1) is 6.04 Å². The molecule has 2 aliphatic rings. The molecule has 1 saturated heterocycles. The van der Waals surface area contributed by atoms with E-state index in [1.165, 1.54) is 0 Å². The average Bonchev–Trinajstić information content (AvgIpc) is 2.72. The summed E-state index contributed by atoms with van der Waals surface area (Å²) in [5.41, 5.74) is 0. The van der Waals surface area contributed by atoms with Crippen LogP contribution in [0.1, 0.15) is 19.3 Å². The van der Waals surface area contributed by atoms with E-state index in [2.05, 4.69) is 22.8 Å². The fourth-order valence-electron chi connectivity index (χ4n) is 1.79. The fourth-order valence-corrected chi connectivity index (χ4v) is 2.73. The summed E-state index contributed by atoms with van der Waals surface area (Å²) in [5, 5.41) is 6.27. The minimum absolute atomic E-state index is 0.0332. The van der Waals surface area contributed by atoms with E-state index in [9.17, 15) is 4.79 Å². The Morgan fingerprint density at radius 1 is 1.50 bits per heavy atom. The predicted octanol–water partition coefficient (Wildman–Crippen LogP) is 0.874. The van der Waals surface area contributed by atoms with Crippen molar-refractivity contribution in [2.45, 2.75) is 31.3 Å². The van der Waals surface area contributed by atoms with Crippen LogP contribution >= 0.6 is 11.8 Å². The van der Waals surface area contributed by atoms with Gasteiger partial charge in [0.1, 0.15) is 0 Å². The average molecular weight is 212 g/mol. The molecule has 1 aliphatic carbocycles. The molecule has 3 nitrogen and oxygen atoms in total. The van der Waals surface area contributed by atoms with E-state index in [-0.39, 0.29) is 11.9 Å². The third-order valence-electron chi connectivity index (χ3n) is 2.65. The summed E-state index contributed by atoms with van der Waals surface area (Å²) in [4.78, 5) is 11.7. The van der Waals surface area contributed by atoms with Crippen LogP contribution in [0.5, 0.6) is 0 Å². The van der Waals surface area contributed by atoms with Crippen LogP contribution in [0.3, 0.4) is 0 Å². The fraction of sp³-hybridized carbons (Fsp3) is 0.700. The highest BCUT2D eigenvalue weighted by atomic mass is 32.2. The smallest absolute Gasteiger partial charge is 0.238 e. The first-order valence-corrected chi connectivity index (χ1v) is 6.28. The van der Waals surface area contributed by atoms with Gasteiger partial charge in [0.15, 0.2) is 0 Å². The van der Waals surface area contributed by atoms with Crippen molar-refractivity contribution in [2.75, 3.05) is 11.6 Å². The van der Waals surface area contributed by atoms with Crippen molar-refractivity contribution >= 4 is 17.7 Å². The first-order valence-electron chi connectivity index (χ1n) is 5.13. The molecule has 14 heavy (non-hydrogen) atoms. The normalized spacial score (nSPS) is 31.7. The van der Waals surface area contributed by atoms with Crippen molar-refractivity contribution in [3.63, 3.8) is 0 Å². The monoisotopic (exact) mass is 212 g/mol. The van der Waals surface area contributed by atoms with Crippen molar-refractivity contribution < 1.29 is 4.79 Å². The van der Waals surface area contributed by atoms with E-state index in [0.29, 0.717) is 6.04 Å². The van der Waals surface area contributed by atoms with Crippen LogP contribution in [0.2, 0.25) is 0 Å². The van der Waals surface area contributed by atoms with Crippen molar-refractivity contribution in [2.24, 2.45) is 0 Å². The van der Waals surface area contributed by atoms with Crippen molar-refractivity contribution in [1.29, 1.82) is 0 Å². The van der Waals surface area contributed by atoms with Gasteiger partial charge in [-0.1, -0.05) is 12.2 Å². The highest BCUT2D eigenvalue weighted by Gasteiger charge is 2.24. The molecule has 1 fully saturated rings. The summed E-state index contributed by atoms with van der Waals surface area (Å²) in [6.07, 6.45) is 7.52. The molecule has 0 aromatic rings.